The smallest absolute Gasteiger partial charge is 0.362 e. The normalized spacial score (nSPS) is 26.0. The number of fused-ring (bicyclic) bond motifs is 2. The molecule has 0 radical (unpaired) electrons. The highest BCUT2D eigenvalue weighted by molar-refractivity contribution is 7.85. The van der Waals surface area contributed by atoms with Crippen LogP contribution in [0.4, 0.5) is 0 Å². The first-order valence-corrected chi connectivity index (χ1v) is 38.4. The predicted molar refractivity (Wildman–Crippen MR) is 368 cm³/mol. The molecular weight excluding hydrogens is 1320 g/mol. The third kappa shape index (κ3) is 17.7. The van der Waals surface area contributed by atoms with E-state index in [1.165, 1.54) is 9.80 Å². The van der Waals surface area contributed by atoms with Gasteiger partial charge in [-0.15, -0.1) is 6.58 Å². The van der Waals surface area contributed by atoms with E-state index >= 15 is 0 Å². The molecule has 4 heterocycles. The van der Waals surface area contributed by atoms with Crippen LogP contribution in [0.2, 0.25) is 0 Å². The van der Waals surface area contributed by atoms with Gasteiger partial charge in [-0.05, 0) is 148 Å². The highest BCUT2D eigenvalue weighted by atomic mass is 32.2. The van der Waals surface area contributed by atoms with E-state index in [0.29, 0.717) is 50.3 Å². The molecule has 2 saturated heterocycles. The number of rotatable bonds is 28. The highest BCUT2D eigenvalue weighted by Crippen LogP contribution is 2.59. The molecule has 12 rings (SSSR count). The van der Waals surface area contributed by atoms with Gasteiger partial charge in [0.15, 0.2) is 11.6 Å². The molecule has 2 aromatic carbocycles. The molecule has 4 amide bonds. The van der Waals surface area contributed by atoms with Gasteiger partial charge in [0.05, 0.1) is 72.9 Å². The summed E-state index contributed by atoms with van der Waals surface area (Å²) in [6.45, 7) is 17.1. The van der Waals surface area contributed by atoms with Gasteiger partial charge >= 0.3 is 32.5 Å². The number of amides is 4. The molecular formula is C74H96N6O18S2. The average Bonchev–Trinajstić information content (AvgIpc) is 1.58. The van der Waals surface area contributed by atoms with Crippen molar-refractivity contribution in [3.8, 4) is 11.8 Å². The molecule has 6 aliphatic carbocycles. The number of aromatic nitrogens is 2. The van der Waals surface area contributed by atoms with E-state index in [-0.39, 0.29) is 93.8 Å². The quantitative estimate of drug-likeness (QED) is 0.0394. The van der Waals surface area contributed by atoms with Gasteiger partial charge in [-0.25, -0.2) is 19.4 Å². The van der Waals surface area contributed by atoms with Crippen molar-refractivity contribution in [2.45, 2.75) is 232 Å². The topological polar surface area (TPSA) is 317 Å². The summed E-state index contributed by atoms with van der Waals surface area (Å²) in [7, 11) is -8.69. The standard InChI is InChI=1S/C37H49N3O9S.C37H47N3O9S/c2*1-5-24-20-37(24,35(44)39-50(45,46)49-26-14-15-26)21-31(41)30-18-27(48-33-28-13-9-6-10-23(28)16-17-38-33)22-40(30)34(43)29(36(2,3)4)19-32(42)47-25-11-7-8-12-25/h6,9-10,13,16-17,24-27,29-30H,5,7-8,11-12,14-15,18-22H2,1-4H3,(H,39,44);5-6,9-10,13,16-17,24-27,29-30H,1,7-8,11-12,14-15,18-22H2,2-4H3,(H,39,44)/t2*24-,27-,29-,30+,37-/m11/s1. The maximum atomic E-state index is 14.5. The fourth-order valence-electron chi connectivity index (χ4n) is 15.0. The van der Waals surface area contributed by atoms with Crippen LogP contribution in [-0.4, -0.2) is 146 Å². The second kappa shape index (κ2) is 29.9. The van der Waals surface area contributed by atoms with Gasteiger partial charge in [0.2, 0.25) is 35.4 Å². The first kappa shape index (κ1) is 73.8. The van der Waals surface area contributed by atoms with Crippen LogP contribution in [-0.2, 0) is 76.8 Å². The fourth-order valence-corrected chi connectivity index (χ4v) is 17.1. The van der Waals surface area contributed by atoms with Crippen molar-refractivity contribution in [1.82, 2.24) is 29.2 Å². The number of benzene rings is 2. The molecule has 26 heteroatoms. The van der Waals surface area contributed by atoms with E-state index in [2.05, 4.69) is 21.3 Å². The van der Waals surface area contributed by atoms with Crippen molar-refractivity contribution < 1.29 is 82.5 Å². The van der Waals surface area contributed by atoms with Crippen molar-refractivity contribution in [3.63, 3.8) is 0 Å². The summed E-state index contributed by atoms with van der Waals surface area (Å²) < 4.78 is 88.6. The number of Topliss-reactive ketones (excluding diaryl/α,β-unsaturated/α-hetero) is 2. The van der Waals surface area contributed by atoms with Gasteiger partial charge < -0.3 is 28.7 Å². The Hall–Kier alpha value is -7.42. The minimum Gasteiger partial charge on any atom is -0.472 e. The van der Waals surface area contributed by atoms with E-state index in [0.717, 1.165) is 72.9 Å². The Balaban J connectivity index is 0.000000202. The molecule has 2 N–H and O–H groups in total. The maximum Gasteiger partial charge on any atom is 0.362 e. The molecule has 0 bridgehead atoms. The first-order chi connectivity index (χ1) is 47.4. The molecule has 0 unspecified atom stereocenters. The van der Waals surface area contributed by atoms with Gasteiger partial charge in [0, 0.05) is 48.8 Å². The van der Waals surface area contributed by atoms with Gasteiger partial charge in [0.25, 0.3) is 0 Å². The van der Waals surface area contributed by atoms with E-state index in [1.807, 2.05) is 114 Å². The summed E-state index contributed by atoms with van der Waals surface area (Å²) in [6.07, 6.45) is 12.6. The van der Waals surface area contributed by atoms with Gasteiger partial charge in [-0.2, -0.15) is 16.8 Å². The molecule has 542 valence electrons. The number of ether oxygens (including phenoxy) is 4. The molecule has 8 aliphatic rings. The van der Waals surface area contributed by atoms with Crippen LogP contribution in [0.1, 0.15) is 183 Å². The molecule has 24 nitrogen and oxygen atoms in total. The third-order valence-corrected chi connectivity index (χ3v) is 23.3. The number of nitrogens with zero attached hydrogens (tertiary/aromatic N) is 4. The van der Waals surface area contributed by atoms with E-state index in [9.17, 15) is 55.2 Å². The average molecular weight is 1420 g/mol. The lowest BCUT2D eigenvalue weighted by molar-refractivity contribution is -0.156. The Kier molecular flexibility index (Phi) is 22.0. The monoisotopic (exact) mass is 1420 g/mol. The molecule has 10 atom stereocenters. The van der Waals surface area contributed by atoms with Crippen LogP contribution >= 0.6 is 0 Å². The van der Waals surface area contributed by atoms with Crippen molar-refractivity contribution in [2.75, 3.05) is 13.1 Å². The molecule has 100 heavy (non-hydrogen) atoms. The Morgan fingerprint density at radius 2 is 0.960 bits per heavy atom. The predicted octanol–water partition coefficient (Wildman–Crippen LogP) is 9.85. The second-order valence-electron chi connectivity index (χ2n) is 31.0. The van der Waals surface area contributed by atoms with Gasteiger partial charge in [-0.3, -0.25) is 46.7 Å². The minimum absolute atomic E-state index is 0.0537. The van der Waals surface area contributed by atoms with Crippen LogP contribution < -0.4 is 18.9 Å². The van der Waals surface area contributed by atoms with E-state index < -0.39 is 126 Å². The van der Waals surface area contributed by atoms with Gasteiger partial charge in [-0.1, -0.05) is 97.4 Å². The summed E-state index contributed by atoms with van der Waals surface area (Å²) in [5.41, 5.74) is -3.88. The molecule has 0 spiro atoms. The zero-order valence-electron chi connectivity index (χ0n) is 58.4. The van der Waals surface area contributed by atoms with Crippen molar-refractivity contribution in [3.05, 3.63) is 85.7 Å². The number of ketones is 2. The number of allylic oxidation sites excluding steroid dienone is 1. The molecule has 8 fully saturated rings. The van der Waals surface area contributed by atoms with E-state index in [4.69, 9.17) is 27.3 Å². The fraction of sp³-hybridized carbons (Fsp3) is 0.622. The lowest BCUT2D eigenvalue weighted by Gasteiger charge is -2.35. The number of hydrogen-bond donors (Lipinski definition) is 2. The third-order valence-electron chi connectivity index (χ3n) is 21.3. The van der Waals surface area contributed by atoms with Crippen LogP contribution in [0.5, 0.6) is 11.8 Å². The van der Waals surface area contributed by atoms with Crippen LogP contribution in [0, 0.1) is 45.3 Å². The lowest BCUT2D eigenvalue weighted by Crippen LogP contribution is -2.48. The largest absolute Gasteiger partial charge is 0.472 e. The Labute approximate surface area is 586 Å². The Morgan fingerprint density at radius 1 is 0.560 bits per heavy atom. The second-order valence-corrected chi connectivity index (χ2v) is 33.6. The summed E-state index contributed by atoms with van der Waals surface area (Å²) >= 11 is 0. The number of pyridine rings is 2. The van der Waals surface area contributed by atoms with Crippen LogP contribution in [0.3, 0.4) is 0 Å². The highest BCUT2D eigenvalue weighted by Gasteiger charge is 2.63. The first-order valence-electron chi connectivity index (χ1n) is 35.6. The van der Waals surface area contributed by atoms with Gasteiger partial charge in [0.1, 0.15) is 24.4 Å². The molecule has 4 aromatic rings. The number of carbonyl (C=O) groups is 8. The molecule has 6 saturated carbocycles. The molecule has 2 aromatic heterocycles. The lowest BCUT2D eigenvalue weighted by atomic mass is 9.77. The minimum atomic E-state index is -4.36. The summed E-state index contributed by atoms with van der Waals surface area (Å²) in [6, 6.07) is 17.0. The maximum absolute atomic E-state index is 14.5. The number of esters is 2. The summed E-state index contributed by atoms with van der Waals surface area (Å²) in [5, 5.41) is 3.42. The van der Waals surface area contributed by atoms with Crippen molar-refractivity contribution in [2.24, 2.45) is 45.3 Å². The Morgan fingerprint density at radius 3 is 1.33 bits per heavy atom. The molecule has 2 aliphatic heterocycles. The SMILES string of the molecule is C=C[C@@H]1C[C@]1(CC(=O)[C@@H]1C[C@@H](Oc2nccc3ccccc23)CN1C(=O)[C@@H](CC(=O)OC1CCCC1)C(C)(C)C)C(=O)NS(=O)(=O)OC1CC1.CC[C@@H]1C[C@]1(CC(=O)[C@@H]1C[C@@H](Oc2nccc3ccccc23)CN1C(=O)[C@@H](CC(=O)OC1CCCC1)C(C)(C)C)C(=O)NS(=O)(=O)OC1CC1. The number of carbonyl (C=O) groups excluding carboxylic acids is 8. The van der Waals surface area contributed by atoms with E-state index in [1.54, 1.807) is 18.5 Å². The number of hydrogen-bond acceptors (Lipinski definition) is 20. The van der Waals surface area contributed by atoms with Crippen LogP contribution in [0.15, 0.2) is 85.7 Å². The zero-order valence-corrected chi connectivity index (χ0v) is 60.0. The van der Waals surface area contributed by atoms with Crippen LogP contribution in [0.25, 0.3) is 21.5 Å². The Bertz CT molecular complexity index is 3990. The summed E-state index contributed by atoms with van der Waals surface area (Å²) in [5.74, 6) is -5.46. The summed E-state index contributed by atoms with van der Waals surface area (Å²) in [4.78, 5) is 123. The van der Waals surface area contributed by atoms with Crippen molar-refractivity contribution in [1.29, 1.82) is 0 Å². The zero-order chi connectivity index (χ0) is 71.7. The number of likely N-dealkylation sites (tertiary alicyclic amines) is 2. The number of nitrogens with one attached hydrogen (secondary N) is 2. The van der Waals surface area contributed by atoms with Crippen molar-refractivity contribution >= 4 is 89.3 Å².